The number of aromatic nitrogens is 1. The summed E-state index contributed by atoms with van der Waals surface area (Å²) in [5.74, 6) is 0.480. The molecule has 1 aromatic carbocycles. The monoisotopic (exact) mass is 295 g/mol. The van der Waals surface area contributed by atoms with Crippen LogP contribution in [0.1, 0.15) is 29.8 Å². The number of aliphatic imine (C=N–C) groups is 2. The minimum Gasteiger partial charge on any atom is -0.399 e. The van der Waals surface area contributed by atoms with Gasteiger partial charge in [0.05, 0.1) is 5.69 Å². The molecule has 5 nitrogen and oxygen atoms in total. The molecule has 5 heteroatoms. The van der Waals surface area contributed by atoms with Gasteiger partial charge in [-0.15, -0.1) is 0 Å². The predicted molar refractivity (Wildman–Crippen MR) is 92.7 cm³/mol. The molecular formula is C17H21N5. The molecule has 0 atom stereocenters. The number of hydrogen-bond donors (Lipinski definition) is 2. The summed E-state index contributed by atoms with van der Waals surface area (Å²) in [6.07, 6.45) is 4.37. The SMILES string of the molecule is C=Nc1c2c(n(-c3ccc(N)cc3)c1C(N)=NC)CCCC2. The van der Waals surface area contributed by atoms with Crippen LogP contribution in [0.15, 0.2) is 34.3 Å². The molecule has 0 bridgehead atoms. The number of hydrogen-bond acceptors (Lipinski definition) is 3. The first-order valence-corrected chi connectivity index (χ1v) is 7.49. The maximum Gasteiger partial charge on any atom is 0.145 e. The third-order valence-electron chi connectivity index (χ3n) is 4.24. The van der Waals surface area contributed by atoms with Gasteiger partial charge in [0.1, 0.15) is 11.5 Å². The molecular weight excluding hydrogens is 274 g/mol. The Morgan fingerprint density at radius 2 is 1.86 bits per heavy atom. The topological polar surface area (TPSA) is 81.7 Å². The van der Waals surface area contributed by atoms with Crippen molar-refractivity contribution in [2.45, 2.75) is 25.7 Å². The Bertz CT molecular complexity index is 737. The lowest BCUT2D eigenvalue weighted by atomic mass is 9.96. The average Bonchev–Trinajstić information content (AvgIpc) is 2.89. The molecule has 0 unspecified atom stereocenters. The van der Waals surface area contributed by atoms with Crippen LogP contribution < -0.4 is 11.5 Å². The highest BCUT2D eigenvalue weighted by Crippen LogP contribution is 2.38. The summed E-state index contributed by atoms with van der Waals surface area (Å²) in [5.41, 5.74) is 18.0. The van der Waals surface area contributed by atoms with Crippen molar-refractivity contribution in [1.82, 2.24) is 4.57 Å². The maximum atomic E-state index is 6.17. The average molecular weight is 295 g/mol. The number of benzene rings is 1. The molecule has 3 rings (SSSR count). The molecule has 0 spiro atoms. The van der Waals surface area contributed by atoms with Crippen molar-refractivity contribution >= 4 is 23.9 Å². The van der Waals surface area contributed by atoms with Crippen LogP contribution in [0.5, 0.6) is 0 Å². The van der Waals surface area contributed by atoms with E-state index in [2.05, 4.69) is 21.3 Å². The van der Waals surface area contributed by atoms with Gasteiger partial charge in [0, 0.05) is 24.1 Å². The fourth-order valence-corrected chi connectivity index (χ4v) is 3.20. The molecule has 1 aliphatic carbocycles. The van der Waals surface area contributed by atoms with Crippen LogP contribution in [0.3, 0.4) is 0 Å². The minimum atomic E-state index is 0.480. The van der Waals surface area contributed by atoms with Crippen molar-refractivity contribution in [1.29, 1.82) is 0 Å². The van der Waals surface area contributed by atoms with Gasteiger partial charge in [-0.25, -0.2) is 0 Å². The summed E-state index contributed by atoms with van der Waals surface area (Å²) in [4.78, 5) is 8.44. The third-order valence-corrected chi connectivity index (χ3v) is 4.24. The van der Waals surface area contributed by atoms with Gasteiger partial charge in [-0.2, -0.15) is 0 Å². The van der Waals surface area contributed by atoms with Gasteiger partial charge in [-0.3, -0.25) is 9.98 Å². The first kappa shape index (κ1) is 14.4. The van der Waals surface area contributed by atoms with Gasteiger partial charge < -0.3 is 16.0 Å². The summed E-state index contributed by atoms with van der Waals surface area (Å²) in [6.45, 7) is 3.74. The van der Waals surface area contributed by atoms with Gasteiger partial charge in [0.15, 0.2) is 0 Å². The molecule has 2 aromatic rings. The summed E-state index contributed by atoms with van der Waals surface area (Å²) in [5, 5.41) is 0. The zero-order chi connectivity index (χ0) is 15.7. The van der Waals surface area contributed by atoms with E-state index in [9.17, 15) is 0 Å². The zero-order valence-electron chi connectivity index (χ0n) is 12.8. The Balaban J connectivity index is 2.33. The van der Waals surface area contributed by atoms with Crippen LogP contribution in [-0.2, 0) is 12.8 Å². The van der Waals surface area contributed by atoms with Crippen molar-refractivity contribution in [2.75, 3.05) is 12.8 Å². The van der Waals surface area contributed by atoms with Crippen molar-refractivity contribution < 1.29 is 0 Å². The lowest BCUT2D eigenvalue weighted by Gasteiger charge is -2.17. The number of nitrogen functional groups attached to an aromatic ring is 1. The van der Waals surface area contributed by atoms with Crippen molar-refractivity contribution in [3.8, 4) is 5.69 Å². The first-order chi connectivity index (χ1) is 10.7. The molecule has 1 aromatic heterocycles. The van der Waals surface area contributed by atoms with Crippen LogP contribution in [0.4, 0.5) is 11.4 Å². The van der Waals surface area contributed by atoms with E-state index in [0.717, 1.165) is 35.6 Å². The highest BCUT2D eigenvalue weighted by atomic mass is 15.1. The first-order valence-electron chi connectivity index (χ1n) is 7.49. The lowest BCUT2D eigenvalue weighted by Crippen LogP contribution is -2.19. The second-order valence-electron chi connectivity index (χ2n) is 5.52. The van der Waals surface area contributed by atoms with Gasteiger partial charge in [-0.1, -0.05) is 0 Å². The van der Waals surface area contributed by atoms with Crippen molar-refractivity contribution in [3.63, 3.8) is 0 Å². The van der Waals surface area contributed by atoms with Crippen molar-refractivity contribution in [3.05, 3.63) is 41.2 Å². The zero-order valence-corrected chi connectivity index (χ0v) is 12.8. The van der Waals surface area contributed by atoms with Crippen LogP contribution >= 0.6 is 0 Å². The predicted octanol–water partition coefficient (Wildman–Crippen LogP) is 2.61. The van der Waals surface area contributed by atoms with Crippen molar-refractivity contribution in [2.24, 2.45) is 15.7 Å². The van der Waals surface area contributed by atoms with E-state index in [1.165, 1.54) is 24.1 Å². The Morgan fingerprint density at radius 1 is 1.18 bits per heavy atom. The van der Waals surface area contributed by atoms with Gasteiger partial charge >= 0.3 is 0 Å². The third kappa shape index (κ3) is 2.19. The van der Waals surface area contributed by atoms with E-state index in [-0.39, 0.29) is 0 Å². The minimum absolute atomic E-state index is 0.480. The molecule has 0 fully saturated rings. The van der Waals surface area contributed by atoms with Crippen LogP contribution in [0.25, 0.3) is 5.69 Å². The molecule has 0 aliphatic heterocycles. The molecule has 114 valence electrons. The van der Waals surface area contributed by atoms with E-state index in [1.807, 2.05) is 24.3 Å². The molecule has 22 heavy (non-hydrogen) atoms. The number of amidine groups is 1. The molecule has 0 radical (unpaired) electrons. The number of rotatable bonds is 3. The highest BCUT2D eigenvalue weighted by Gasteiger charge is 2.26. The quantitative estimate of drug-likeness (QED) is 0.518. The fourth-order valence-electron chi connectivity index (χ4n) is 3.20. The number of nitrogens with zero attached hydrogens (tertiary/aromatic N) is 3. The number of anilines is 1. The van der Waals surface area contributed by atoms with E-state index in [0.29, 0.717) is 5.84 Å². The Morgan fingerprint density at radius 3 is 2.50 bits per heavy atom. The molecule has 1 heterocycles. The highest BCUT2D eigenvalue weighted by molar-refractivity contribution is 6.02. The molecule has 0 amide bonds. The summed E-state index contributed by atoms with van der Waals surface area (Å²) in [6, 6.07) is 7.80. The van der Waals surface area contributed by atoms with Crippen LogP contribution in [-0.4, -0.2) is 24.2 Å². The lowest BCUT2D eigenvalue weighted by molar-refractivity contribution is 0.663. The standard InChI is InChI=1S/C17H21N5/c1-20-15-13-5-3-4-6-14(13)22(16(15)17(19)21-2)12-9-7-11(18)8-10-12/h7-10H,1,3-6,18H2,2H3,(H2,19,21). The second kappa shape index (κ2) is 5.67. The maximum absolute atomic E-state index is 6.17. The van der Waals surface area contributed by atoms with E-state index in [4.69, 9.17) is 11.5 Å². The van der Waals surface area contributed by atoms with Crippen LogP contribution in [0.2, 0.25) is 0 Å². The second-order valence-corrected chi connectivity index (χ2v) is 5.52. The summed E-state index contributed by atoms with van der Waals surface area (Å²) in [7, 11) is 1.70. The number of nitrogens with two attached hydrogens (primary N) is 2. The normalized spacial score (nSPS) is 14.7. The van der Waals surface area contributed by atoms with Gasteiger partial charge in [0.2, 0.25) is 0 Å². The smallest absolute Gasteiger partial charge is 0.145 e. The molecule has 4 N–H and O–H groups in total. The van der Waals surface area contributed by atoms with E-state index < -0.39 is 0 Å². The molecule has 0 saturated heterocycles. The summed E-state index contributed by atoms with van der Waals surface area (Å²) < 4.78 is 2.17. The Hall–Kier alpha value is -2.56. The van der Waals surface area contributed by atoms with E-state index >= 15 is 0 Å². The van der Waals surface area contributed by atoms with Gasteiger partial charge in [-0.05, 0) is 62.2 Å². The van der Waals surface area contributed by atoms with Crippen LogP contribution in [0, 0.1) is 0 Å². The molecule has 0 saturated carbocycles. The number of fused-ring (bicyclic) bond motifs is 1. The Kier molecular flexibility index (Phi) is 3.71. The fraction of sp³-hybridized carbons (Fsp3) is 0.294. The Labute approximate surface area is 130 Å². The van der Waals surface area contributed by atoms with E-state index in [1.54, 1.807) is 7.05 Å². The van der Waals surface area contributed by atoms with Gasteiger partial charge in [0.25, 0.3) is 0 Å². The summed E-state index contributed by atoms with van der Waals surface area (Å²) >= 11 is 0. The molecule has 1 aliphatic rings. The largest absolute Gasteiger partial charge is 0.399 e.